The molecule has 0 aliphatic carbocycles. The molecule has 31 heavy (non-hydrogen) atoms. The number of hydrogen-bond donors (Lipinski definition) is 3. The van der Waals surface area contributed by atoms with Crippen LogP contribution in [0.25, 0.3) is 0 Å². The lowest BCUT2D eigenvalue weighted by Gasteiger charge is -2.16. The first-order chi connectivity index (χ1) is 14.5. The fraction of sp³-hybridized carbons (Fsp3) is 0.524. The van der Waals surface area contributed by atoms with Crippen LogP contribution in [-0.2, 0) is 18.1 Å². The van der Waals surface area contributed by atoms with Gasteiger partial charge in [-0.25, -0.2) is 9.98 Å². The van der Waals surface area contributed by atoms with E-state index in [1.807, 2.05) is 27.7 Å². The highest BCUT2D eigenvalue weighted by atomic mass is 19.4. The molecular weight excluding hydrogens is 413 g/mol. The lowest BCUT2D eigenvalue weighted by molar-refractivity contribution is -0.137. The Morgan fingerprint density at radius 3 is 2.42 bits per heavy atom. The minimum atomic E-state index is -4.40. The SMILES string of the molecule is CCNC(=NCc1ncc(C(C)(C)C)o1)NCC(O)COc1ccc(C(F)(F)F)cc1. The number of aliphatic hydroxyl groups is 1. The van der Waals surface area contributed by atoms with Crippen LogP contribution >= 0.6 is 0 Å². The molecule has 2 aromatic rings. The van der Waals surface area contributed by atoms with E-state index in [9.17, 15) is 18.3 Å². The van der Waals surface area contributed by atoms with Crippen molar-refractivity contribution < 1.29 is 27.4 Å². The molecule has 1 aromatic heterocycles. The molecule has 1 atom stereocenters. The summed E-state index contributed by atoms with van der Waals surface area (Å²) < 4.78 is 48.8. The molecular formula is C21H29F3N4O3. The van der Waals surface area contributed by atoms with Gasteiger partial charge >= 0.3 is 6.18 Å². The highest BCUT2D eigenvalue weighted by Gasteiger charge is 2.30. The predicted octanol–water partition coefficient (Wildman–Crippen LogP) is 3.49. The van der Waals surface area contributed by atoms with E-state index < -0.39 is 17.8 Å². The molecule has 7 nitrogen and oxygen atoms in total. The van der Waals surface area contributed by atoms with Gasteiger partial charge in [0.25, 0.3) is 0 Å². The van der Waals surface area contributed by atoms with Crippen molar-refractivity contribution in [1.29, 1.82) is 0 Å². The molecule has 10 heteroatoms. The number of benzene rings is 1. The van der Waals surface area contributed by atoms with E-state index in [1.165, 1.54) is 12.1 Å². The summed E-state index contributed by atoms with van der Waals surface area (Å²) in [5.74, 6) is 1.96. The highest BCUT2D eigenvalue weighted by molar-refractivity contribution is 5.79. The van der Waals surface area contributed by atoms with Crippen LogP contribution in [0.2, 0.25) is 0 Å². The number of ether oxygens (including phenoxy) is 1. The predicted molar refractivity (Wildman–Crippen MR) is 111 cm³/mol. The number of halogens is 3. The number of guanidine groups is 1. The fourth-order valence-corrected chi connectivity index (χ4v) is 2.42. The van der Waals surface area contributed by atoms with Crippen molar-refractivity contribution in [2.24, 2.45) is 4.99 Å². The van der Waals surface area contributed by atoms with Crippen molar-refractivity contribution in [1.82, 2.24) is 15.6 Å². The zero-order chi connectivity index (χ0) is 23.1. The topological polar surface area (TPSA) is 91.9 Å². The summed E-state index contributed by atoms with van der Waals surface area (Å²) >= 11 is 0. The Morgan fingerprint density at radius 2 is 1.87 bits per heavy atom. The zero-order valence-electron chi connectivity index (χ0n) is 18.1. The third-order valence-electron chi connectivity index (χ3n) is 4.14. The molecule has 0 radical (unpaired) electrons. The fourth-order valence-electron chi connectivity index (χ4n) is 2.42. The summed E-state index contributed by atoms with van der Waals surface area (Å²) in [5.41, 5.74) is -0.899. The molecule has 0 saturated carbocycles. The number of alkyl halides is 3. The molecule has 1 aromatic carbocycles. The molecule has 0 aliphatic rings. The van der Waals surface area contributed by atoms with E-state index in [0.717, 1.165) is 17.9 Å². The third-order valence-corrected chi connectivity index (χ3v) is 4.14. The van der Waals surface area contributed by atoms with Crippen molar-refractivity contribution >= 4 is 5.96 Å². The second kappa shape index (κ2) is 10.5. The zero-order valence-corrected chi connectivity index (χ0v) is 18.1. The molecule has 1 heterocycles. The number of aliphatic imine (C=N–C) groups is 1. The Balaban J connectivity index is 1.83. The Bertz CT molecular complexity index is 843. The number of nitrogens with one attached hydrogen (secondary N) is 2. The van der Waals surface area contributed by atoms with Gasteiger partial charge in [-0.1, -0.05) is 20.8 Å². The Morgan fingerprint density at radius 1 is 1.19 bits per heavy atom. The minimum absolute atomic E-state index is 0.0908. The smallest absolute Gasteiger partial charge is 0.416 e. The summed E-state index contributed by atoms with van der Waals surface area (Å²) in [6.07, 6.45) is -3.61. The lowest BCUT2D eigenvalue weighted by atomic mass is 9.94. The average Bonchev–Trinajstić information content (AvgIpc) is 3.18. The van der Waals surface area contributed by atoms with Gasteiger partial charge in [-0.3, -0.25) is 0 Å². The molecule has 0 fully saturated rings. The first kappa shape index (κ1) is 24.5. The maximum Gasteiger partial charge on any atom is 0.416 e. The second-order valence-corrected chi connectivity index (χ2v) is 7.93. The number of nitrogens with zero attached hydrogens (tertiary/aromatic N) is 2. The van der Waals surface area contributed by atoms with Crippen LogP contribution in [-0.4, -0.2) is 41.9 Å². The van der Waals surface area contributed by atoms with Gasteiger partial charge in [0, 0.05) is 18.5 Å². The third kappa shape index (κ3) is 8.12. The van der Waals surface area contributed by atoms with E-state index in [4.69, 9.17) is 9.15 Å². The van der Waals surface area contributed by atoms with Crippen molar-refractivity contribution in [3.63, 3.8) is 0 Å². The van der Waals surface area contributed by atoms with Crippen LogP contribution in [0.3, 0.4) is 0 Å². The first-order valence-corrected chi connectivity index (χ1v) is 9.94. The van der Waals surface area contributed by atoms with Gasteiger partial charge < -0.3 is 24.9 Å². The summed E-state index contributed by atoms with van der Waals surface area (Å²) in [7, 11) is 0. The number of aromatic nitrogens is 1. The minimum Gasteiger partial charge on any atom is -0.491 e. The summed E-state index contributed by atoms with van der Waals surface area (Å²) in [6, 6.07) is 4.31. The van der Waals surface area contributed by atoms with Gasteiger partial charge in [0.2, 0.25) is 5.89 Å². The summed E-state index contributed by atoms with van der Waals surface area (Å²) in [4.78, 5) is 8.61. The second-order valence-electron chi connectivity index (χ2n) is 7.93. The lowest BCUT2D eigenvalue weighted by Crippen LogP contribution is -2.42. The molecule has 3 N–H and O–H groups in total. The Hall–Kier alpha value is -2.75. The first-order valence-electron chi connectivity index (χ1n) is 9.94. The van der Waals surface area contributed by atoms with Crippen molar-refractivity contribution in [2.45, 2.75) is 51.9 Å². The Labute approximate surface area is 179 Å². The van der Waals surface area contributed by atoms with Crippen LogP contribution in [0.1, 0.15) is 44.9 Å². The number of hydrogen-bond acceptors (Lipinski definition) is 5. The van der Waals surface area contributed by atoms with Crippen LogP contribution < -0.4 is 15.4 Å². The van der Waals surface area contributed by atoms with Crippen molar-refractivity contribution in [3.05, 3.63) is 47.7 Å². The van der Waals surface area contributed by atoms with Gasteiger partial charge in [-0.05, 0) is 31.2 Å². The van der Waals surface area contributed by atoms with Crippen molar-refractivity contribution in [3.8, 4) is 5.75 Å². The van der Waals surface area contributed by atoms with Crippen LogP contribution in [0.4, 0.5) is 13.2 Å². The quantitative estimate of drug-likeness (QED) is 0.428. The van der Waals surface area contributed by atoms with Gasteiger partial charge in [0.1, 0.15) is 30.8 Å². The molecule has 2 rings (SSSR count). The largest absolute Gasteiger partial charge is 0.491 e. The Kier molecular flexibility index (Phi) is 8.32. The van der Waals surface area contributed by atoms with E-state index >= 15 is 0 Å². The van der Waals surface area contributed by atoms with Gasteiger partial charge in [-0.2, -0.15) is 13.2 Å². The molecule has 172 valence electrons. The average molecular weight is 442 g/mol. The number of oxazole rings is 1. The van der Waals surface area contributed by atoms with Crippen LogP contribution in [0, 0.1) is 0 Å². The number of aliphatic hydroxyl groups excluding tert-OH is 1. The highest BCUT2D eigenvalue weighted by Crippen LogP contribution is 2.30. The molecule has 0 amide bonds. The van der Waals surface area contributed by atoms with E-state index in [-0.39, 0.29) is 30.9 Å². The van der Waals surface area contributed by atoms with E-state index in [1.54, 1.807) is 6.20 Å². The molecule has 0 bridgehead atoms. The normalized spacial score (nSPS) is 13.7. The van der Waals surface area contributed by atoms with Gasteiger partial charge in [-0.15, -0.1) is 0 Å². The maximum atomic E-state index is 12.6. The van der Waals surface area contributed by atoms with Gasteiger partial charge in [0.05, 0.1) is 11.8 Å². The molecule has 0 spiro atoms. The number of rotatable bonds is 8. The summed E-state index contributed by atoms with van der Waals surface area (Å²) in [6.45, 7) is 8.87. The van der Waals surface area contributed by atoms with Crippen LogP contribution in [0.15, 0.2) is 39.9 Å². The van der Waals surface area contributed by atoms with Crippen LogP contribution in [0.5, 0.6) is 5.75 Å². The summed E-state index contributed by atoms with van der Waals surface area (Å²) in [5, 5.41) is 16.1. The van der Waals surface area contributed by atoms with Crippen molar-refractivity contribution in [2.75, 3.05) is 19.7 Å². The maximum absolute atomic E-state index is 12.6. The standard InChI is InChI=1S/C21H29F3N4O3/c1-5-25-19(28-12-18-26-11-17(31-18)20(2,3)4)27-10-15(29)13-30-16-8-6-14(7-9-16)21(22,23)24/h6-9,11,15,29H,5,10,12-13H2,1-4H3,(H2,25,27,28). The van der Waals surface area contributed by atoms with E-state index in [2.05, 4.69) is 20.6 Å². The van der Waals surface area contributed by atoms with Gasteiger partial charge in [0.15, 0.2) is 5.96 Å². The molecule has 1 unspecified atom stereocenters. The monoisotopic (exact) mass is 442 g/mol. The molecule has 0 aliphatic heterocycles. The molecule has 0 saturated heterocycles. The van der Waals surface area contributed by atoms with E-state index in [0.29, 0.717) is 18.4 Å².